The number of nitrogens with zero attached hydrogens (tertiary/aromatic N) is 1. The van der Waals surface area contributed by atoms with Crippen LogP contribution in [-0.4, -0.2) is 18.4 Å². The molecule has 3 rings (SSSR count). The lowest BCUT2D eigenvalue weighted by Crippen LogP contribution is -2.20. The van der Waals surface area contributed by atoms with Crippen molar-refractivity contribution in [1.29, 1.82) is 5.26 Å². The lowest BCUT2D eigenvalue weighted by atomic mass is 10.1. The second-order valence-corrected chi connectivity index (χ2v) is 8.42. The Hall–Kier alpha value is -3.31. The number of halogens is 3. The van der Waals surface area contributed by atoms with Crippen molar-refractivity contribution in [3.05, 3.63) is 92.4 Å². The lowest BCUT2D eigenvalue weighted by molar-refractivity contribution is -0.118. The highest BCUT2D eigenvalue weighted by molar-refractivity contribution is 9.10. The summed E-state index contributed by atoms with van der Waals surface area (Å²) >= 11 is 15.3. The van der Waals surface area contributed by atoms with E-state index in [0.29, 0.717) is 32.7 Å². The Balaban J connectivity index is 1.58. The molecule has 9 heteroatoms. The minimum Gasteiger partial charge on any atom is -0.484 e. The molecule has 0 aliphatic carbocycles. The molecule has 0 heterocycles. The van der Waals surface area contributed by atoms with Crippen molar-refractivity contribution in [2.24, 2.45) is 0 Å². The summed E-state index contributed by atoms with van der Waals surface area (Å²) < 4.78 is 6.35. The number of amides is 2. The molecule has 0 aliphatic rings. The fourth-order valence-corrected chi connectivity index (χ4v) is 3.24. The summed E-state index contributed by atoms with van der Waals surface area (Å²) in [6.07, 6.45) is 1.46. The molecule has 6 nitrogen and oxygen atoms in total. The molecule has 2 amide bonds. The molecule has 166 valence electrons. The van der Waals surface area contributed by atoms with Gasteiger partial charge in [0.25, 0.3) is 11.8 Å². The van der Waals surface area contributed by atoms with Gasteiger partial charge in [-0.15, -0.1) is 0 Å². The number of hydrogen-bond acceptors (Lipinski definition) is 4. The van der Waals surface area contributed by atoms with Gasteiger partial charge in [-0.1, -0.05) is 51.3 Å². The van der Waals surface area contributed by atoms with Crippen LogP contribution in [0.2, 0.25) is 10.0 Å². The van der Waals surface area contributed by atoms with Gasteiger partial charge in [0.1, 0.15) is 17.4 Å². The van der Waals surface area contributed by atoms with Crippen molar-refractivity contribution < 1.29 is 14.3 Å². The van der Waals surface area contributed by atoms with Crippen LogP contribution in [0.25, 0.3) is 6.08 Å². The molecule has 0 unspecified atom stereocenters. The van der Waals surface area contributed by atoms with Crippen LogP contribution < -0.4 is 15.4 Å². The fourth-order valence-electron chi connectivity index (χ4n) is 2.64. The zero-order valence-electron chi connectivity index (χ0n) is 16.9. The number of ether oxygens (including phenoxy) is 1. The number of hydrogen-bond donors (Lipinski definition) is 2. The van der Waals surface area contributed by atoms with Gasteiger partial charge in [0.05, 0.1) is 10.7 Å². The Morgan fingerprint density at radius 3 is 2.36 bits per heavy atom. The monoisotopic (exact) mass is 543 g/mol. The average molecular weight is 545 g/mol. The van der Waals surface area contributed by atoms with Crippen LogP contribution >= 0.6 is 39.1 Å². The maximum atomic E-state index is 12.4. The van der Waals surface area contributed by atoms with Gasteiger partial charge in [0.2, 0.25) is 0 Å². The maximum Gasteiger partial charge on any atom is 0.266 e. The molecule has 3 aromatic rings. The van der Waals surface area contributed by atoms with Crippen LogP contribution in [0.5, 0.6) is 5.75 Å². The Labute approximate surface area is 208 Å². The fraction of sp³-hybridized carbons (Fsp3) is 0.0417. The number of carbonyl (C=O) groups excluding carboxylic acids is 2. The van der Waals surface area contributed by atoms with Gasteiger partial charge < -0.3 is 15.4 Å². The first-order valence-electron chi connectivity index (χ1n) is 9.50. The Kier molecular flexibility index (Phi) is 8.50. The van der Waals surface area contributed by atoms with Crippen molar-refractivity contribution in [2.45, 2.75) is 0 Å². The highest BCUT2D eigenvalue weighted by atomic mass is 79.9. The van der Waals surface area contributed by atoms with Crippen LogP contribution in [0.1, 0.15) is 5.56 Å². The molecular formula is C24H16BrCl2N3O3. The predicted octanol–water partition coefficient (Wildman–Crippen LogP) is 6.32. The van der Waals surface area contributed by atoms with E-state index in [1.165, 1.54) is 6.08 Å². The Morgan fingerprint density at radius 1 is 1.00 bits per heavy atom. The van der Waals surface area contributed by atoms with Crippen LogP contribution in [0.15, 0.2) is 76.8 Å². The van der Waals surface area contributed by atoms with E-state index in [4.69, 9.17) is 27.9 Å². The summed E-state index contributed by atoms with van der Waals surface area (Å²) in [7, 11) is 0. The highest BCUT2D eigenvalue weighted by Crippen LogP contribution is 2.25. The van der Waals surface area contributed by atoms with Gasteiger partial charge in [-0.2, -0.15) is 5.26 Å². The summed E-state index contributed by atoms with van der Waals surface area (Å²) in [6.45, 7) is -0.239. The first-order chi connectivity index (χ1) is 15.8. The van der Waals surface area contributed by atoms with E-state index in [0.717, 1.165) is 4.47 Å². The van der Waals surface area contributed by atoms with Crippen molar-refractivity contribution >= 4 is 68.4 Å². The Morgan fingerprint density at radius 2 is 1.70 bits per heavy atom. The predicted molar refractivity (Wildman–Crippen MR) is 133 cm³/mol. The van der Waals surface area contributed by atoms with Gasteiger partial charge in [0.15, 0.2) is 6.61 Å². The summed E-state index contributed by atoms with van der Waals surface area (Å²) in [4.78, 5) is 24.5. The van der Waals surface area contributed by atoms with E-state index in [1.54, 1.807) is 66.7 Å². The van der Waals surface area contributed by atoms with Crippen molar-refractivity contribution in [2.75, 3.05) is 17.2 Å². The quantitative estimate of drug-likeness (QED) is 0.269. The van der Waals surface area contributed by atoms with Crippen LogP contribution in [0.4, 0.5) is 11.4 Å². The van der Waals surface area contributed by atoms with E-state index in [-0.39, 0.29) is 12.2 Å². The third kappa shape index (κ3) is 7.36. The standard InChI is InChI=1S/C24H16BrCl2N3O3/c25-17-3-6-19(7-4-17)29-24(32)16(13-28)11-15-1-8-20(9-2-15)33-14-23(31)30-22-12-18(26)5-10-21(22)27/h1-12H,14H2,(H,29,32)(H,30,31)/b16-11-. The third-order valence-corrected chi connectivity index (χ3v) is 5.32. The molecule has 33 heavy (non-hydrogen) atoms. The molecule has 0 radical (unpaired) electrons. The number of carbonyl (C=O) groups is 2. The summed E-state index contributed by atoms with van der Waals surface area (Å²) in [6, 6.07) is 20.3. The van der Waals surface area contributed by atoms with Crippen molar-refractivity contribution in [1.82, 2.24) is 0 Å². The first kappa shape index (κ1) is 24.3. The summed E-state index contributed by atoms with van der Waals surface area (Å²) in [5.41, 5.74) is 1.54. The molecule has 0 spiro atoms. The molecule has 2 N–H and O–H groups in total. The zero-order valence-corrected chi connectivity index (χ0v) is 20.0. The smallest absolute Gasteiger partial charge is 0.266 e. The summed E-state index contributed by atoms with van der Waals surface area (Å²) in [5.74, 6) is -0.478. The molecule has 0 aromatic heterocycles. The van der Waals surface area contributed by atoms with Crippen LogP contribution in [0.3, 0.4) is 0 Å². The molecule has 0 saturated heterocycles. The number of benzene rings is 3. The number of nitrogens with one attached hydrogen (secondary N) is 2. The largest absolute Gasteiger partial charge is 0.484 e. The second kappa shape index (κ2) is 11.5. The maximum absolute atomic E-state index is 12.4. The van der Waals surface area contributed by atoms with Gasteiger partial charge in [-0.25, -0.2) is 0 Å². The molecule has 0 aliphatic heterocycles. The molecular weight excluding hydrogens is 529 g/mol. The van der Waals surface area contributed by atoms with E-state index in [2.05, 4.69) is 26.6 Å². The third-order valence-electron chi connectivity index (χ3n) is 4.23. The molecule has 0 bridgehead atoms. The van der Waals surface area contributed by atoms with E-state index < -0.39 is 11.8 Å². The van der Waals surface area contributed by atoms with Crippen LogP contribution in [0, 0.1) is 11.3 Å². The van der Waals surface area contributed by atoms with Gasteiger partial charge >= 0.3 is 0 Å². The van der Waals surface area contributed by atoms with Crippen molar-refractivity contribution in [3.63, 3.8) is 0 Å². The molecule has 3 aromatic carbocycles. The van der Waals surface area contributed by atoms with E-state index in [9.17, 15) is 14.9 Å². The second-order valence-electron chi connectivity index (χ2n) is 6.66. The van der Waals surface area contributed by atoms with E-state index in [1.807, 2.05) is 6.07 Å². The Bertz CT molecular complexity index is 1240. The van der Waals surface area contributed by atoms with Gasteiger partial charge in [-0.05, 0) is 66.2 Å². The minimum absolute atomic E-state index is 0.0515. The topological polar surface area (TPSA) is 91.2 Å². The number of rotatable bonds is 7. The number of nitriles is 1. The van der Waals surface area contributed by atoms with Crippen molar-refractivity contribution in [3.8, 4) is 11.8 Å². The molecule has 0 fully saturated rings. The SMILES string of the molecule is N#C/C(=C/c1ccc(OCC(=O)Nc2cc(Cl)ccc2Cl)cc1)C(=O)Nc1ccc(Br)cc1. The number of anilines is 2. The van der Waals surface area contributed by atoms with E-state index >= 15 is 0 Å². The normalized spacial score (nSPS) is 10.8. The average Bonchev–Trinajstić information content (AvgIpc) is 2.80. The minimum atomic E-state index is -0.517. The van der Waals surface area contributed by atoms with Gasteiger partial charge in [-0.3, -0.25) is 9.59 Å². The molecule has 0 atom stereocenters. The lowest BCUT2D eigenvalue weighted by Gasteiger charge is -2.09. The first-order valence-corrected chi connectivity index (χ1v) is 11.1. The molecule has 0 saturated carbocycles. The van der Waals surface area contributed by atoms with Crippen LogP contribution in [-0.2, 0) is 9.59 Å². The van der Waals surface area contributed by atoms with Gasteiger partial charge in [0, 0.05) is 15.2 Å². The highest BCUT2D eigenvalue weighted by Gasteiger charge is 2.10. The zero-order chi connectivity index (χ0) is 23.8. The summed E-state index contributed by atoms with van der Waals surface area (Å²) in [5, 5.41) is 15.5.